The Morgan fingerprint density at radius 1 is 0.778 bits per heavy atom. The number of imidazole rings is 1. The van der Waals surface area contributed by atoms with E-state index in [9.17, 15) is 0 Å². The number of hydrogen-bond donors (Lipinski definition) is 0. The summed E-state index contributed by atoms with van der Waals surface area (Å²) in [5, 5.41) is 9.46. The van der Waals surface area contributed by atoms with Crippen molar-refractivity contribution in [3.8, 4) is 0 Å². The van der Waals surface area contributed by atoms with Crippen molar-refractivity contribution in [3.63, 3.8) is 0 Å². The zero-order chi connectivity index (χ0) is 19.2. The number of aromatic nitrogens is 2. The molecular formula is C21H25N6+. The molecule has 6 nitrogen and oxygen atoms in total. The molecule has 0 fully saturated rings. The maximum Gasteiger partial charge on any atom is 0.295 e. The molecule has 0 amide bonds. The summed E-state index contributed by atoms with van der Waals surface area (Å²) in [4.78, 5) is 4.00. The summed E-state index contributed by atoms with van der Waals surface area (Å²) in [6, 6.07) is 20.2. The van der Waals surface area contributed by atoms with Crippen LogP contribution in [0, 0.1) is 0 Å². The Hall–Kier alpha value is -3.41. The van der Waals surface area contributed by atoms with E-state index in [0.29, 0.717) is 0 Å². The van der Waals surface area contributed by atoms with E-state index < -0.39 is 0 Å². The van der Waals surface area contributed by atoms with Gasteiger partial charge in [0.25, 0.3) is 6.33 Å². The lowest BCUT2D eigenvalue weighted by molar-refractivity contribution is -0.678. The monoisotopic (exact) mass is 361 g/mol. The molecule has 0 aliphatic heterocycles. The highest BCUT2D eigenvalue weighted by Gasteiger charge is 2.12. The molecule has 1 aromatic heterocycles. The molecule has 1 heterocycles. The van der Waals surface area contributed by atoms with Gasteiger partial charge in [0, 0.05) is 39.3 Å². The average molecular weight is 361 g/mol. The van der Waals surface area contributed by atoms with Crippen LogP contribution in [0.3, 0.4) is 0 Å². The minimum absolute atomic E-state index is 0.873. The van der Waals surface area contributed by atoms with Gasteiger partial charge in [-0.3, -0.25) is 0 Å². The zero-order valence-electron chi connectivity index (χ0n) is 16.2. The number of amidine groups is 2. The van der Waals surface area contributed by atoms with Gasteiger partial charge in [-0.2, -0.15) is 0 Å². The third-order valence-corrected chi connectivity index (χ3v) is 3.94. The minimum Gasteiger partial charge on any atom is -0.359 e. The smallest absolute Gasteiger partial charge is 0.295 e. The Labute approximate surface area is 160 Å². The molecule has 138 valence electrons. The first-order valence-corrected chi connectivity index (χ1v) is 8.77. The van der Waals surface area contributed by atoms with Crippen LogP contribution in [0.5, 0.6) is 0 Å². The number of nitrogens with zero attached hydrogens (tertiary/aromatic N) is 6. The van der Waals surface area contributed by atoms with Crippen LogP contribution in [0.1, 0.15) is 11.1 Å². The van der Waals surface area contributed by atoms with E-state index in [1.807, 2.05) is 117 Å². The Morgan fingerprint density at radius 2 is 1.30 bits per heavy atom. The lowest BCUT2D eigenvalue weighted by atomic mass is 10.2. The van der Waals surface area contributed by atoms with Gasteiger partial charge < -0.3 is 9.80 Å². The maximum atomic E-state index is 4.73. The van der Waals surface area contributed by atoms with Crippen LogP contribution in [-0.2, 0) is 0 Å². The lowest BCUT2D eigenvalue weighted by Gasteiger charge is -2.14. The van der Waals surface area contributed by atoms with Crippen LogP contribution in [-0.4, -0.2) is 54.3 Å². The van der Waals surface area contributed by atoms with Crippen molar-refractivity contribution in [2.75, 3.05) is 28.2 Å². The topological polar surface area (TPSA) is 40.0 Å². The molecule has 0 unspecified atom stereocenters. The third-order valence-electron chi connectivity index (χ3n) is 3.94. The van der Waals surface area contributed by atoms with Gasteiger partial charge in [0.15, 0.2) is 24.1 Å². The minimum atomic E-state index is 0.873. The van der Waals surface area contributed by atoms with Crippen molar-refractivity contribution in [3.05, 3.63) is 90.5 Å². The summed E-state index contributed by atoms with van der Waals surface area (Å²) in [5.41, 5.74) is 2.12. The second kappa shape index (κ2) is 8.31. The molecule has 0 aliphatic carbocycles. The summed E-state index contributed by atoms with van der Waals surface area (Å²) in [7, 11) is 7.95. The van der Waals surface area contributed by atoms with Gasteiger partial charge in [-0.25, -0.2) is 0 Å². The van der Waals surface area contributed by atoms with Crippen molar-refractivity contribution in [2.45, 2.75) is 0 Å². The number of hydrogen-bond acceptors (Lipinski definition) is 2. The van der Waals surface area contributed by atoms with E-state index in [1.165, 1.54) is 0 Å². The second-order valence-electron chi connectivity index (χ2n) is 6.54. The summed E-state index contributed by atoms with van der Waals surface area (Å²) >= 11 is 0. The summed E-state index contributed by atoms with van der Waals surface area (Å²) < 4.78 is 3.54. The molecule has 2 aromatic carbocycles. The van der Waals surface area contributed by atoms with Crippen LogP contribution in [0.25, 0.3) is 0 Å². The van der Waals surface area contributed by atoms with Gasteiger partial charge in [0.2, 0.25) is 0 Å². The first-order chi connectivity index (χ1) is 13.0. The fourth-order valence-corrected chi connectivity index (χ4v) is 2.66. The van der Waals surface area contributed by atoms with E-state index in [0.717, 1.165) is 22.8 Å². The first-order valence-electron chi connectivity index (χ1n) is 8.77. The average Bonchev–Trinajstić information content (AvgIpc) is 3.12. The molecule has 3 rings (SSSR count). The van der Waals surface area contributed by atoms with E-state index in [2.05, 4.69) is 0 Å². The number of benzene rings is 2. The van der Waals surface area contributed by atoms with E-state index in [-0.39, 0.29) is 0 Å². The van der Waals surface area contributed by atoms with Gasteiger partial charge in [-0.05, 0) is 0 Å². The van der Waals surface area contributed by atoms with E-state index in [1.54, 1.807) is 9.35 Å². The van der Waals surface area contributed by atoms with Crippen molar-refractivity contribution in [1.82, 2.24) is 14.5 Å². The highest BCUT2D eigenvalue weighted by molar-refractivity contribution is 5.98. The summed E-state index contributed by atoms with van der Waals surface area (Å²) in [5.74, 6) is 1.75. The molecule has 0 spiro atoms. The largest absolute Gasteiger partial charge is 0.359 e. The molecule has 0 saturated carbocycles. The molecule has 0 bridgehead atoms. The Kier molecular flexibility index (Phi) is 5.66. The Morgan fingerprint density at radius 3 is 1.81 bits per heavy atom. The van der Waals surface area contributed by atoms with Crippen molar-refractivity contribution in [1.29, 1.82) is 0 Å². The van der Waals surface area contributed by atoms with Gasteiger partial charge in [-0.1, -0.05) is 70.9 Å². The molecule has 0 saturated heterocycles. The van der Waals surface area contributed by atoms with Gasteiger partial charge >= 0.3 is 0 Å². The fraction of sp³-hybridized carbons (Fsp3) is 0.190. The van der Waals surface area contributed by atoms with Gasteiger partial charge in [-0.15, -0.1) is 9.35 Å². The first kappa shape index (κ1) is 18.4. The fourth-order valence-electron chi connectivity index (χ4n) is 2.66. The standard InChI is InChI=1S/C21H25N6/c1-24(2)20(18-11-7-5-8-12-18)22-26-15-16-27(17-26)23-21(25(3)4)19-13-9-6-10-14-19/h5-17H,1-4H3/q+1. The van der Waals surface area contributed by atoms with Crippen LogP contribution in [0.4, 0.5) is 0 Å². The third kappa shape index (κ3) is 4.61. The van der Waals surface area contributed by atoms with Crippen molar-refractivity contribution in [2.24, 2.45) is 10.2 Å². The Bertz CT molecular complexity index is 848. The highest BCUT2D eigenvalue weighted by atomic mass is 15.5. The van der Waals surface area contributed by atoms with E-state index in [4.69, 9.17) is 10.2 Å². The van der Waals surface area contributed by atoms with Crippen LogP contribution >= 0.6 is 0 Å². The molecule has 0 aliphatic rings. The lowest BCUT2D eigenvalue weighted by Crippen LogP contribution is -2.33. The maximum absolute atomic E-state index is 4.73. The van der Waals surface area contributed by atoms with Gasteiger partial charge in [0.1, 0.15) is 0 Å². The van der Waals surface area contributed by atoms with Crippen LogP contribution < -0.4 is 4.68 Å². The molecule has 3 aromatic rings. The normalized spacial score (nSPS) is 12.1. The van der Waals surface area contributed by atoms with Crippen molar-refractivity contribution < 1.29 is 4.68 Å². The molecule has 0 radical (unpaired) electrons. The SMILES string of the molecule is CN(C)C(=Nn1cc[n+](N=C(c2ccccc2)N(C)C)c1)c1ccccc1. The molecule has 0 N–H and O–H groups in total. The molecule has 0 atom stereocenters. The van der Waals surface area contributed by atoms with Crippen LogP contribution in [0.15, 0.2) is 89.6 Å². The summed E-state index contributed by atoms with van der Waals surface area (Å²) in [6.07, 6.45) is 5.61. The Balaban J connectivity index is 1.93. The highest BCUT2D eigenvalue weighted by Crippen LogP contribution is 2.05. The predicted molar refractivity (Wildman–Crippen MR) is 109 cm³/mol. The van der Waals surface area contributed by atoms with Gasteiger partial charge in [0.05, 0.1) is 0 Å². The molecule has 6 heteroatoms. The molecule has 27 heavy (non-hydrogen) atoms. The molecular weight excluding hydrogens is 336 g/mol. The quantitative estimate of drug-likeness (QED) is 0.406. The zero-order valence-corrected chi connectivity index (χ0v) is 16.2. The summed E-state index contributed by atoms with van der Waals surface area (Å²) in [6.45, 7) is 0. The van der Waals surface area contributed by atoms with Crippen LogP contribution in [0.2, 0.25) is 0 Å². The predicted octanol–water partition coefficient (Wildman–Crippen LogP) is 2.32. The second-order valence-corrected chi connectivity index (χ2v) is 6.54. The van der Waals surface area contributed by atoms with Crippen molar-refractivity contribution >= 4 is 11.7 Å². The number of rotatable bonds is 4. The van der Waals surface area contributed by atoms with E-state index >= 15 is 0 Å².